The quantitative estimate of drug-likeness (QED) is 0.322. The molecule has 3 aromatic rings. The number of hydrogen-bond acceptors (Lipinski definition) is 8. The fraction of sp³-hybridized carbons (Fsp3) is 0.348. The van der Waals surface area contributed by atoms with Crippen molar-refractivity contribution in [1.29, 1.82) is 0 Å². The minimum atomic E-state index is -2.83. The van der Waals surface area contributed by atoms with Gasteiger partial charge < -0.3 is 19.3 Å². The number of hydrogen-bond donors (Lipinski definition) is 2. The molecule has 1 aromatic heterocycles. The van der Waals surface area contributed by atoms with Gasteiger partial charge in [-0.15, -0.1) is 0 Å². The van der Waals surface area contributed by atoms with Crippen LogP contribution in [0.25, 0.3) is 11.4 Å². The highest BCUT2D eigenvalue weighted by Gasteiger charge is 2.30. The van der Waals surface area contributed by atoms with Gasteiger partial charge in [-0.05, 0) is 31.0 Å². The Morgan fingerprint density at radius 1 is 1.21 bits per heavy atom. The summed E-state index contributed by atoms with van der Waals surface area (Å²) >= 11 is 0. The summed E-state index contributed by atoms with van der Waals surface area (Å²) in [6.07, 6.45) is 1.40. The summed E-state index contributed by atoms with van der Waals surface area (Å²) in [5.41, 5.74) is 4.02. The first-order valence-corrected chi connectivity index (χ1v) is 12.3. The Balaban J connectivity index is 1.34. The first-order chi connectivity index (χ1) is 16.1. The van der Waals surface area contributed by atoms with E-state index >= 15 is 0 Å². The lowest BCUT2D eigenvalue weighted by atomic mass is 10.0. The van der Waals surface area contributed by atoms with Crippen LogP contribution in [-0.2, 0) is 15.6 Å². The van der Waals surface area contributed by atoms with Gasteiger partial charge in [-0.1, -0.05) is 59.8 Å². The van der Waals surface area contributed by atoms with Crippen molar-refractivity contribution >= 4 is 14.0 Å². The number of benzene rings is 2. The summed E-state index contributed by atoms with van der Waals surface area (Å²) in [6.45, 7) is 4.55. The van der Waals surface area contributed by atoms with Crippen molar-refractivity contribution in [2.45, 2.75) is 32.4 Å². The molecule has 2 unspecified atom stereocenters. The molecule has 33 heavy (non-hydrogen) atoms. The molecule has 0 saturated heterocycles. The van der Waals surface area contributed by atoms with Crippen LogP contribution < -0.4 is 5.32 Å². The lowest BCUT2D eigenvalue weighted by Gasteiger charge is -2.21. The molecule has 9 nitrogen and oxygen atoms in total. The van der Waals surface area contributed by atoms with Crippen LogP contribution in [0.3, 0.4) is 0 Å². The van der Waals surface area contributed by atoms with E-state index in [1.165, 1.54) is 5.56 Å². The number of rotatable bonds is 11. The maximum Gasteiger partial charge on any atom is 0.316 e. The molecule has 2 aromatic carbocycles. The van der Waals surface area contributed by atoms with Gasteiger partial charge in [-0.25, -0.2) is 0 Å². The molecular formula is C23H28N5O4P. The predicted octanol–water partition coefficient (Wildman–Crippen LogP) is 3.79. The Morgan fingerprint density at radius 2 is 2.00 bits per heavy atom. The van der Waals surface area contributed by atoms with Crippen molar-refractivity contribution in [3.05, 3.63) is 71.6 Å². The van der Waals surface area contributed by atoms with Gasteiger partial charge in [0.05, 0.1) is 12.6 Å². The fourth-order valence-electron chi connectivity index (χ4n) is 3.76. The molecule has 0 amide bonds. The Bertz CT molecular complexity index is 1090. The molecule has 2 heterocycles. The molecule has 2 atom stereocenters. The van der Waals surface area contributed by atoms with E-state index in [0.29, 0.717) is 31.2 Å². The Labute approximate surface area is 193 Å². The monoisotopic (exact) mass is 469 g/mol. The zero-order valence-corrected chi connectivity index (χ0v) is 19.5. The highest BCUT2D eigenvalue weighted by molar-refractivity contribution is 7.32. The van der Waals surface area contributed by atoms with Gasteiger partial charge in [0.25, 0.3) is 5.89 Å². The first-order valence-electron chi connectivity index (χ1n) is 11.0. The van der Waals surface area contributed by atoms with Crippen molar-refractivity contribution < 1.29 is 18.5 Å². The molecule has 0 aliphatic carbocycles. The van der Waals surface area contributed by atoms with E-state index in [-0.39, 0.29) is 12.6 Å². The van der Waals surface area contributed by atoms with E-state index in [4.69, 9.17) is 14.5 Å². The molecule has 4 rings (SSSR count). The third-order valence-corrected chi connectivity index (χ3v) is 5.89. The van der Waals surface area contributed by atoms with Crippen LogP contribution in [0.5, 0.6) is 0 Å². The van der Waals surface area contributed by atoms with E-state index < -0.39 is 8.25 Å². The molecule has 0 radical (unpaired) electrons. The van der Waals surface area contributed by atoms with Gasteiger partial charge in [0.2, 0.25) is 5.82 Å². The van der Waals surface area contributed by atoms with E-state index in [1.54, 1.807) is 0 Å². The lowest BCUT2D eigenvalue weighted by molar-refractivity contribution is 0.246. The first kappa shape index (κ1) is 23.3. The molecule has 1 aliphatic heterocycles. The van der Waals surface area contributed by atoms with Gasteiger partial charge in [-0.3, -0.25) is 9.57 Å². The van der Waals surface area contributed by atoms with Gasteiger partial charge in [-0.2, -0.15) is 10.1 Å². The Morgan fingerprint density at radius 3 is 2.73 bits per heavy atom. The number of hydrazone groups is 1. The molecule has 10 heteroatoms. The third kappa shape index (κ3) is 6.15. The number of nitrogens with one attached hydrogen (secondary N) is 1. The largest absolute Gasteiger partial charge is 0.332 e. The third-order valence-electron chi connectivity index (χ3n) is 5.44. The van der Waals surface area contributed by atoms with Crippen LogP contribution in [0.15, 0.2) is 64.2 Å². The van der Waals surface area contributed by atoms with Crippen molar-refractivity contribution in [1.82, 2.24) is 20.5 Å². The zero-order chi connectivity index (χ0) is 23.0. The summed E-state index contributed by atoms with van der Waals surface area (Å²) in [4.78, 5) is 13.2. The Hall–Kier alpha value is -2.84. The fourth-order valence-corrected chi connectivity index (χ4v) is 4.08. The standard InChI is InChI=1S/C23H28N5O4P/c1-2-28-21(18-7-4-3-5-8-18)15-20(26-28)23-25-22(27-32-23)19-11-9-17(10-12-19)16-24-13-6-14-31-33(29)30/h3-5,7-12,21,24,33H,2,6,13-16H2,1H3,(H,29,30). The minimum absolute atomic E-state index is 0.173. The molecule has 0 spiro atoms. The second kappa shape index (κ2) is 11.3. The van der Waals surface area contributed by atoms with Crippen LogP contribution >= 0.6 is 8.25 Å². The van der Waals surface area contributed by atoms with Crippen LogP contribution in [-0.4, -0.2) is 45.5 Å². The lowest BCUT2D eigenvalue weighted by Crippen LogP contribution is -2.18. The smallest absolute Gasteiger partial charge is 0.316 e. The molecule has 0 bridgehead atoms. The van der Waals surface area contributed by atoms with Crippen LogP contribution in [0.1, 0.15) is 42.8 Å². The summed E-state index contributed by atoms with van der Waals surface area (Å²) < 4.78 is 20.7. The normalized spacial score (nSPS) is 16.7. The second-order valence-corrected chi connectivity index (χ2v) is 8.52. The van der Waals surface area contributed by atoms with E-state index in [9.17, 15) is 4.57 Å². The van der Waals surface area contributed by atoms with Crippen LogP contribution in [0.4, 0.5) is 0 Å². The summed E-state index contributed by atoms with van der Waals surface area (Å²) in [5.74, 6) is 0.995. The van der Waals surface area contributed by atoms with E-state index in [0.717, 1.165) is 29.8 Å². The van der Waals surface area contributed by atoms with Crippen molar-refractivity contribution in [3.63, 3.8) is 0 Å². The van der Waals surface area contributed by atoms with Gasteiger partial charge >= 0.3 is 8.25 Å². The SMILES string of the molecule is CCN1N=C(c2nc(-c3ccc(CNCCCO[PH](=O)O)cc3)no2)CC1c1ccccc1. The second-order valence-electron chi connectivity index (χ2n) is 7.70. The van der Waals surface area contributed by atoms with Gasteiger partial charge in [0.1, 0.15) is 5.71 Å². The predicted molar refractivity (Wildman–Crippen MR) is 126 cm³/mol. The minimum Gasteiger partial charge on any atom is -0.332 e. The van der Waals surface area contributed by atoms with E-state index in [2.05, 4.69) is 44.0 Å². The molecule has 1 aliphatic rings. The van der Waals surface area contributed by atoms with Gasteiger partial charge in [0, 0.05) is 25.1 Å². The van der Waals surface area contributed by atoms with Crippen molar-refractivity contribution in [2.24, 2.45) is 5.10 Å². The maximum absolute atomic E-state index is 10.5. The molecular weight excluding hydrogens is 441 g/mol. The average molecular weight is 469 g/mol. The maximum atomic E-state index is 10.5. The molecule has 174 valence electrons. The highest BCUT2D eigenvalue weighted by Crippen LogP contribution is 2.32. The van der Waals surface area contributed by atoms with E-state index in [1.807, 2.05) is 42.5 Å². The topological polar surface area (TPSA) is 113 Å². The number of aromatic nitrogens is 2. The summed E-state index contributed by atoms with van der Waals surface area (Å²) in [6, 6.07) is 18.5. The summed E-state index contributed by atoms with van der Waals surface area (Å²) in [7, 11) is -2.83. The van der Waals surface area contributed by atoms with Crippen molar-refractivity contribution in [3.8, 4) is 11.4 Å². The average Bonchev–Trinajstić information content (AvgIpc) is 3.49. The van der Waals surface area contributed by atoms with Crippen LogP contribution in [0.2, 0.25) is 0 Å². The van der Waals surface area contributed by atoms with Crippen LogP contribution in [0, 0.1) is 0 Å². The molecule has 2 N–H and O–H groups in total. The van der Waals surface area contributed by atoms with Crippen molar-refractivity contribution in [2.75, 3.05) is 19.7 Å². The number of nitrogens with zero attached hydrogens (tertiary/aromatic N) is 4. The van der Waals surface area contributed by atoms with Gasteiger partial charge in [0.15, 0.2) is 0 Å². The summed E-state index contributed by atoms with van der Waals surface area (Å²) in [5, 5.41) is 14.2. The zero-order valence-electron chi connectivity index (χ0n) is 18.5. The highest BCUT2D eigenvalue weighted by atomic mass is 31.1. The molecule has 0 saturated carbocycles. The molecule has 0 fully saturated rings. The Kier molecular flexibility index (Phi) is 8.01.